The Kier molecular flexibility index (Phi) is 4.80. The van der Waals surface area contributed by atoms with Crippen LogP contribution in [0.25, 0.3) is 32.6 Å². The van der Waals surface area contributed by atoms with Gasteiger partial charge in [0.1, 0.15) is 11.6 Å². The van der Waals surface area contributed by atoms with Crippen molar-refractivity contribution in [2.75, 3.05) is 6.61 Å². The number of halogens is 3. The summed E-state index contributed by atoms with van der Waals surface area (Å²) in [4.78, 5) is 16.8. The predicted octanol–water partition coefficient (Wildman–Crippen LogP) is 5.79. The van der Waals surface area contributed by atoms with Crippen molar-refractivity contribution in [1.82, 2.24) is 19.9 Å². The summed E-state index contributed by atoms with van der Waals surface area (Å²) in [5.74, 6) is -0.935. The van der Waals surface area contributed by atoms with Gasteiger partial charge in [-0.05, 0) is 35.9 Å². The molecule has 2 aromatic carbocycles. The van der Waals surface area contributed by atoms with Gasteiger partial charge in [0, 0.05) is 40.2 Å². The predicted molar refractivity (Wildman–Crippen MR) is 113 cm³/mol. The van der Waals surface area contributed by atoms with E-state index in [0.717, 1.165) is 22.5 Å². The van der Waals surface area contributed by atoms with Crippen molar-refractivity contribution in [2.45, 2.75) is 6.42 Å². The number of H-pyrrole nitrogens is 1. The molecule has 0 fully saturated rings. The molecule has 0 saturated carbocycles. The molecule has 0 aliphatic carbocycles. The van der Waals surface area contributed by atoms with Gasteiger partial charge in [-0.25, -0.2) is 18.7 Å². The molecule has 0 saturated heterocycles. The van der Waals surface area contributed by atoms with Crippen LogP contribution in [0, 0.1) is 11.6 Å². The molecule has 0 unspecified atom stereocenters. The van der Waals surface area contributed by atoms with Crippen LogP contribution < -0.4 is 4.74 Å². The zero-order valence-electron chi connectivity index (χ0n) is 15.3. The number of benzene rings is 2. The summed E-state index contributed by atoms with van der Waals surface area (Å²) in [7, 11) is 0. The molecule has 3 heterocycles. The molecule has 9 heteroatoms. The number of rotatable bonds is 5. The third kappa shape index (κ3) is 3.59. The van der Waals surface area contributed by atoms with E-state index in [9.17, 15) is 8.78 Å². The van der Waals surface area contributed by atoms with Crippen LogP contribution in [-0.2, 0) is 6.42 Å². The Morgan fingerprint density at radius 1 is 1.07 bits per heavy atom. The lowest BCUT2D eigenvalue weighted by Crippen LogP contribution is -2.04. The molecule has 0 radical (unpaired) electrons. The summed E-state index contributed by atoms with van der Waals surface area (Å²) in [6.45, 7) is 0.333. The normalized spacial score (nSPS) is 11.4. The summed E-state index contributed by atoms with van der Waals surface area (Å²) in [6.07, 6.45) is 2.53. The van der Waals surface area contributed by atoms with Crippen LogP contribution in [0.1, 0.15) is 5.56 Å². The molecule has 0 aliphatic heterocycles. The second-order valence-corrected chi connectivity index (χ2v) is 7.89. The Morgan fingerprint density at radius 3 is 2.73 bits per heavy atom. The molecule has 1 N–H and O–H groups in total. The first-order valence-electron chi connectivity index (χ1n) is 9.03. The van der Waals surface area contributed by atoms with Gasteiger partial charge in [0.15, 0.2) is 16.2 Å². The molecule has 3 aromatic heterocycles. The van der Waals surface area contributed by atoms with Crippen LogP contribution in [0.5, 0.6) is 5.88 Å². The average molecular weight is 443 g/mol. The zero-order valence-corrected chi connectivity index (χ0v) is 16.9. The Balaban J connectivity index is 1.43. The standard InChI is InChI=1S/C21H13ClF2N4OS/c22-13-1-2-17-16(7-13)11(9-25-17)3-4-29-20-18-21(30-10-26-18)28-19(27-20)12-5-14(23)8-15(24)6-12/h1-2,5-10,25H,3-4H2. The van der Waals surface area contributed by atoms with Crippen LogP contribution in [0.4, 0.5) is 8.78 Å². The number of nitrogens with zero attached hydrogens (tertiary/aromatic N) is 3. The minimum atomic E-state index is -0.696. The van der Waals surface area contributed by atoms with Crippen LogP contribution >= 0.6 is 22.9 Å². The van der Waals surface area contributed by atoms with Gasteiger partial charge < -0.3 is 9.72 Å². The van der Waals surface area contributed by atoms with Gasteiger partial charge in [0.25, 0.3) is 0 Å². The van der Waals surface area contributed by atoms with Crippen LogP contribution in [-0.4, -0.2) is 26.5 Å². The first-order valence-corrected chi connectivity index (χ1v) is 10.3. The Morgan fingerprint density at radius 2 is 1.90 bits per heavy atom. The fraction of sp³-hybridized carbons (Fsp3) is 0.0952. The van der Waals surface area contributed by atoms with Gasteiger partial charge in [-0.3, -0.25) is 0 Å². The van der Waals surface area contributed by atoms with Crippen molar-refractivity contribution in [1.29, 1.82) is 0 Å². The number of hydrogen-bond acceptors (Lipinski definition) is 5. The molecule has 150 valence electrons. The van der Waals surface area contributed by atoms with E-state index >= 15 is 0 Å². The fourth-order valence-electron chi connectivity index (χ4n) is 3.26. The number of thiazole rings is 1. The third-order valence-corrected chi connectivity index (χ3v) is 5.58. The molecule has 30 heavy (non-hydrogen) atoms. The van der Waals surface area contributed by atoms with E-state index in [1.807, 2.05) is 24.4 Å². The van der Waals surface area contributed by atoms with E-state index in [4.69, 9.17) is 16.3 Å². The molecule has 5 aromatic rings. The third-order valence-electron chi connectivity index (χ3n) is 4.63. The maximum atomic E-state index is 13.6. The topological polar surface area (TPSA) is 63.7 Å². The van der Waals surface area contributed by atoms with Gasteiger partial charge >= 0.3 is 0 Å². The van der Waals surface area contributed by atoms with E-state index in [1.54, 1.807) is 5.51 Å². The van der Waals surface area contributed by atoms with Crippen LogP contribution in [0.3, 0.4) is 0 Å². The van der Waals surface area contributed by atoms with Crippen molar-refractivity contribution in [3.8, 4) is 17.3 Å². The number of nitrogens with one attached hydrogen (secondary N) is 1. The SMILES string of the molecule is Fc1cc(F)cc(-c2nc(OCCc3c[nH]c4ccc(Cl)cc34)c3ncsc3n2)c1. The van der Waals surface area contributed by atoms with Gasteiger partial charge in [-0.1, -0.05) is 11.6 Å². The van der Waals surface area contributed by atoms with Gasteiger partial charge in [-0.2, -0.15) is 4.98 Å². The number of aromatic nitrogens is 4. The van der Waals surface area contributed by atoms with Gasteiger partial charge in [-0.15, -0.1) is 11.3 Å². The number of fused-ring (bicyclic) bond motifs is 2. The highest BCUT2D eigenvalue weighted by Gasteiger charge is 2.15. The lowest BCUT2D eigenvalue weighted by molar-refractivity contribution is 0.313. The molecule has 5 nitrogen and oxygen atoms in total. The van der Waals surface area contributed by atoms with Crippen molar-refractivity contribution in [2.24, 2.45) is 0 Å². The van der Waals surface area contributed by atoms with Crippen LogP contribution in [0.15, 0.2) is 48.1 Å². The molecule has 0 bridgehead atoms. The Hall–Kier alpha value is -3.10. The van der Waals surface area contributed by atoms with Crippen molar-refractivity contribution >= 4 is 44.2 Å². The highest BCUT2D eigenvalue weighted by Crippen LogP contribution is 2.29. The fourth-order valence-corrected chi connectivity index (χ4v) is 4.09. The maximum Gasteiger partial charge on any atom is 0.245 e. The van der Waals surface area contributed by atoms with Gasteiger partial charge in [0.2, 0.25) is 5.88 Å². The van der Waals surface area contributed by atoms with Crippen molar-refractivity contribution in [3.05, 3.63) is 70.3 Å². The minimum absolute atomic E-state index is 0.180. The molecule has 5 rings (SSSR count). The minimum Gasteiger partial charge on any atom is -0.476 e. The zero-order chi connectivity index (χ0) is 20.7. The monoisotopic (exact) mass is 442 g/mol. The number of hydrogen-bond donors (Lipinski definition) is 1. The molecule has 0 spiro atoms. The second-order valence-electron chi connectivity index (χ2n) is 6.62. The van der Waals surface area contributed by atoms with E-state index in [1.165, 1.54) is 23.5 Å². The molecule has 0 amide bonds. The maximum absolute atomic E-state index is 13.6. The Bertz CT molecular complexity index is 1360. The smallest absolute Gasteiger partial charge is 0.245 e. The molecular formula is C21H13ClF2N4OS. The van der Waals surface area contributed by atoms with E-state index in [-0.39, 0.29) is 17.3 Å². The Labute approximate surface area is 178 Å². The highest BCUT2D eigenvalue weighted by molar-refractivity contribution is 7.16. The summed E-state index contributed by atoms with van der Waals surface area (Å²) in [5.41, 5.74) is 4.43. The first kappa shape index (κ1) is 18.9. The number of aromatic amines is 1. The highest BCUT2D eigenvalue weighted by atomic mass is 35.5. The number of ether oxygens (including phenoxy) is 1. The van der Waals surface area contributed by atoms with Crippen molar-refractivity contribution < 1.29 is 13.5 Å². The first-order chi connectivity index (χ1) is 14.6. The quantitative estimate of drug-likeness (QED) is 0.374. The lowest BCUT2D eigenvalue weighted by atomic mass is 10.1. The van der Waals surface area contributed by atoms with E-state index in [0.29, 0.717) is 28.4 Å². The lowest BCUT2D eigenvalue weighted by Gasteiger charge is -2.08. The second kappa shape index (κ2) is 7.62. The molecule has 0 atom stereocenters. The van der Waals surface area contributed by atoms with E-state index in [2.05, 4.69) is 19.9 Å². The summed E-state index contributed by atoms with van der Waals surface area (Å²) in [5, 5.41) is 1.69. The van der Waals surface area contributed by atoms with Crippen LogP contribution in [0.2, 0.25) is 5.02 Å². The summed E-state index contributed by atoms with van der Waals surface area (Å²) in [6, 6.07) is 8.84. The molecule has 0 aliphatic rings. The summed E-state index contributed by atoms with van der Waals surface area (Å²) < 4.78 is 33.2. The van der Waals surface area contributed by atoms with E-state index < -0.39 is 11.6 Å². The summed E-state index contributed by atoms with van der Waals surface area (Å²) >= 11 is 7.41. The van der Waals surface area contributed by atoms with Gasteiger partial charge in [0.05, 0.1) is 12.1 Å². The largest absolute Gasteiger partial charge is 0.476 e. The van der Waals surface area contributed by atoms with Crippen molar-refractivity contribution in [3.63, 3.8) is 0 Å². The molecular weight excluding hydrogens is 430 g/mol. The average Bonchev–Trinajstić information content (AvgIpc) is 3.34.